The zero-order chi connectivity index (χ0) is 19.9. The smallest absolute Gasteiger partial charge is 0.187 e. The second-order valence-corrected chi connectivity index (χ2v) is 6.74. The topological polar surface area (TPSA) is 55.4 Å². The van der Waals surface area contributed by atoms with Gasteiger partial charge in [0.25, 0.3) is 0 Å². The lowest BCUT2D eigenvalue weighted by Crippen LogP contribution is -2.03. The fourth-order valence-electron chi connectivity index (χ4n) is 3.01. The Hall–Kier alpha value is -2.12. The SMILES string of the molecule is COc1cccc(C2OCC(C)O2)c1.COc1ccccc1C1OCC(C)O1. The maximum absolute atomic E-state index is 5.59. The van der Waals surface area contributed by atoms with E-state index in [9.17, 15) is 0 Å². The maximum Gasteiger partial charge on any atom is 0.187 e. The molecule has 28 heavy (non-hydrogen) atoms. The van der Waals surface area contributed by atoms with E-state index in [0.717, 1.165) is 22.6 Å². The number of para-hydroxylation sites is 1. The zero-order valence-electron chi connectivity index (χ0n) is 16.8. The predicted octanol–water partition coefficient (Wildman–Crippen LogP) is 4.26. The average Bonchev–Trinajstić information content (AvgIpc) is 3.37. The van der Waals surface area contributed by atoms with Crippen LogP contribution in [-0.2, 0) is 18.9 Å². The van der Waals surface area contributed by atoms with Crippen molar-refractivity contribution in [2.75, 3.05) is 27.4 Å². The molecule has 0 aromatic heterocycles. The van der Waals surface area contributed by atoms with E-state index in [1.54, 1.807) is 14.2 Å². The highest BCUT2D eigenvalue weighted by molar-refractivity contribution is 5.34. The molecule has 4 unspecified atom stereocenters. The Morgan fingerprint density at radius 3 is 2.07 bits per heavy atom. The summed E-state index contributed by atoms with van der Waals surface area (Å²) >= 11 is 0. The van der Waals surface area contributed by atoms with Crippen LogP contribution in [0.1, 0.15) is 37.6 Å². The molecule has 152 valence electrons. The molecule has 4 atom stereocenters. The monoisotopic (exact) mass is 388 g/mol. The van der Waals surface area contributed by atoms with E-state index in [-0.39, 0.29) is 24.8 Å². The van der Waals surface area contributed by atoms with Crippen molar-refractivity contribution in [2.24, 2.45) is 0 Å². The second kappa shape index (κ2) is 9.89. The number of hydrogen-bond acceptors (Lipinski definition) is 6. The molecule has 2 saturated heterocycles. The van der Waals surface area contributed by atoms with Crippen LogP contribution in [0, 0.1) is 0 Å². The summed E-state index contributed by atoms with van der Waals surface area (Å²) < 4.78 is 32.5. The molecule has 4 rings (SSSR count). The Morgan fingerprint density at radius 1 is 0.786 bits per heavy atom. The Kier molecular flexibility index (Phi) is 7.28. The normalized spacial score (nSPS) is 26.4. The molecule has 0 radical (unpaired) electrons. The van der Waals surface area contributed by atoms with Gasteiger partial charge in [-0.25, -0.2) is 0 Å². The van der Waals surface area contributed by atoms with Crippen molar-refractivity contribution < 1.29 is 28.4 Å². The lowest BCUT2D eigenvalue weighted by molar-refractivity contribution is -0.0585. The molecule has 2 aliphatic rings. The van der Waals surface area contributed by atoms with Gasteiger partial charge in [-0.3, -0.25) is 0 Å². The van der Waals surface area contributed by atoms with E-state index in [1.165, 1.54) is 0 Å². The highest BCUT2D eigenvalue weighted by Crippen LogP contribution is 2.32. The van der Waals surface area contributed by atoms with Crippen molar-refractivity contribution in [3.63, 3.8) is 0 Å². The number of benzene rings is 2. The van der Waals surface area contributed by atoms with Gasteiger partial charge in [-0.05, 0) is 32.0 Å². The summed E-state index contributed by atoms with van der Waals surface area (Å²) in [5.41, 5.74) is 1.97. The van der Waals surface area contributed by atoms with Gasteiger partial charge < -0.3 is 28.4 Å². The van der Waals surface area contributed by atoms with Crippen LogP contribution in [0.25, 0.3) is 0 Å². The summed E-state index contributed by atoms with van der Waals surface area (Å²) in [6.45, 7) is 5.29. The third-order valence-corrected chi connectivity index (χ3v) is 4.44. The molecule has 2 aromatic rings. The highest BCUT2D eigenvalue weighted by atomic mass is 16.7. The molecule has 6 nitrogen and oxygen atoms in total. The summed E-state index contributed by atoms with van der Waals surface area (Å²) in [4.78, 5) is 0. The van der Waals surface area contributed by atoms with E-state index in [1.807, 2.05) is 62.4 Å². The molecule has 2 aromatic carbocycles. The number of ether oxygens (including phenoxy) is 6. The lowest BCUT2D eigenvalue weighted by Gasteiger charge is -2.13. The van der Waals surface area contributed by atoms with Gasteiger partial charge in [-0.1, -0.05) is 30.3 Å². The van der Waals surface area contributed by atoms with Crippen LogP contribution in [0.4, 0.5) is 0 Å². The van der Waals surface area contributed by atoms with Gasteiger partial charge in [0.1, 0.15) is 11.5 Å². The van der Waals surface area contributed by atoms with E-state index in [2.05, 4.69) is 0 Å². The molecule has 0 N–H and O–H groups in total. The second-order valence-electron chi connectivity index (χ2n) is 6.74. The summed E-state index contributed by atoms with van der Waals surface area (Å²) in [5, 5.41) is 0. The van der Waals surface area contributed by atoms with Crippen molar-refractivity contribution in [2.45, 2.75) is 38.6 Å². The summed E-state index contributed by atoms with van der Waals surface area (Å²) in [6, 6.07) is 15.5. The van der Waals surface area contributed by atoms with E-state index < -0.39 is 0 Å². The van der Waals surface area contributed by atoms with Gasteiger partial charge in [-0.15, -0.1) is 0 Å². The van der Waals surface area contributed by atoms with Gasteiger partial charge in [0.05, 0.1) is 39.6 Å². The zero-order valence-corrected chi connectivity index (χ0v) is 16.8. The Bertz CT molecular complexity index is 749. The Labute approximate surface area is 166 Å². The van der Waals surface area contributed by atoms with Gasteiger partial charge in [0, 0.05) is 11.1 Å². The molecular formula is C22H28O6. The Balaban J connectivity index is 0.000000161. The molecular weight excluding hydrogens is 360 g/mol. The van der Waals surface area contributed by atoms with Crippen LogP contribution in [0.15, 0.2) is 48.5 Å². The van der Waals surface area contributed by atoms with Gasteiger partial charge >= 0.3 is 0 Å². The van der Waals surface area contributed by atoms with Gasteiger partial charge in [0.15, 0.2) is 12.6 Å². The van der Waals surface area contributed by atoms with Crippen LogP contribution in [-0.4, -0.2) is 39.6 Å². The van der Waals surface area contributed by atoms with Crippen molar-refractivity contribution in [1.82, 2.24) is 0 Å². The lowest BCUT2D eigenvalue weighted by atomic mass is 10.2. The molecule has 2 fully saturated rings. The summed E-state index contributed by atoms with van der Waals surface area (Å²) in [5.74, 6) is 1.64. The molecule has 2 heterocycles. The van der Waals surface area contributed by atoms with Gasteiger partial charge in [-0.2, -0.15) is 0 Å². The quantitative estimate of drug-likeness (QED) is 0.780. The van der Waals surface area contributed by atoms with Crippen molar-refractivity contribution in [3.05, 3.63) is 59.7 Å². The third kappa shape index (κ3) is 5.23. The standard InChI is InChI=1S/2C11H14O3/c1-8-7-13-11(14-8)9-4-3-5-10(6-9)12-2;1-8-7-13-11(14-8)9-5-3-4-6-10(9)12-2/h2*3-6,8,11H,7H2,1-2H3. The minimum absolute atomic E-state index is 0.157. The van der Waals surface area contributed by atoms with E-state index >= 15 is 0 Å². The molecule has 6 heteroatoms. The maximum atomic E-state index is 5.59. The number of hydrogen-bond donors (Lipinski definition) is 0. The molecule has 0 aliphatic carbocycles. The summed E-state index contributed by atoms with van der Waals surface area (Å²) in [6.07, 6.45) is -0.183. The number of rotatable bonds is 4. The molecule has 0 saturated carbocycles. The minimum atomic E-state index is -0.277. The first-order valence-corrected chi connectivity index (χ1v) is 9.41. The summed E-state index contributed by atoms with van der Waals surface area (Å²) in [7, 11) is 3.30. The fourth-order valence-corrected chi connectivity index (χ4v) is 3.01. The third-order valence-electron chi connectivity index (χ3n) is 4.44. The average molecular weight is 388 g/mol. The predicted molar refractivity (Wildman–Crippen MR) is 104 cm³/mol. The molecule has 0 amide bonds. The minimum Gasteiger partial charge on any atom is -0.497 e. The van der Waals surface area contributed by atoms with Crippen LogP contribution in [0.2, 0.25) is 0 Å². The van der Waals surface area contributed by atoms with Crippen molar-refractivity contribution in [1.29, 1.82) is 0 Å². The first-order chi connectivity index (χ1) is 13.6. The van der Waals surface area contributed by atoms with Crippen LogP contribution in [0.3, 0.4) is 0 Å². The Morgan fingerprint density at radius 2 is 1.46 bits per heavy atom. The van der Waals surface area contributed by atoms with Crippen molar-refractivity contribution in [3.8, 4) is 11.5 Å². The van der Waals surface area contributed by atoms with Crippen molar-refractivity contribution >= 4 is 0 Å². The molecule has 0 spiro atoms. The molecule has 0 bridgehead atoms. The molecule has 2 aliphatic heterocycles. The van der Waals surface area contributed by atoms with Gasteiger partial charge in [0.2, 0.25) is 0 Å². The van der Waals surface area contributed by atoms with Crippen LogP contribution >= 0.6 is 0 Å². The largest absolute Gasteiger partial charge is 0.497 e. The van der Waals surface area contributed by atoms with Crippen LogP contribution in [0.5, 0.6) is 11.5 Å². The highest BCUT2D eigenvalue weighted by Gasteiger charge is 2.26. The first-order valence-electron chi connectivity index (χ1n) is 9.41. The first kappa shape index (κ1) is 20.6. The number of methoxy groups -OCH3 is 2. The van der Waals surface area contributed by atoms with E-state index in [4.69, 9.17) is 28.4 Å². The fraction of sp³-hybridized carbons (Fsp3) is 0.455. The van der Waals surface area contributed by atoms with Crippen LogP contribution < -0.4 is 9.47 Å². The van der Waals surface area contributed by atoms with E-state index in [0.29, 0.717) is 13.2 Å².